The van der Waals surface area contributed by atoms with Crippen LogP contribution in [-0.4, -0.2) is 53.2 Å². The lowest BCUT2D eigenvalue weighted by molar-refractivity contribution is -0.145. The van der Waals surface area contributed by atoms with Gasteiger partial charge in [-0.3, -0.25) is 4.79 Å². The number of allylic oxidation sites excluding steroid dienone is 2. The smallest absolute Gasteiger partial charge is 0.328 e. The van der Waals surface area contributed by atoms with Crippen molar-refractivity contribution < 1.29 is 29.4 Å². The quantitative estimate of drug-likeness (QED) is 0.259. The second-order valence-electron chi connectivity index (χ2n) is 12.9. The first-order valence-corrected chi connectivity index (χ1v) is 14.8. The van der Waals surface area contributed by atoms with Crippen LogP contribution in [0.4, 0.5) is 0 Å². The summed E-state index contributed by atoms with van der Waals surface area (Å²) in [4.78, 5) is 30.3. The summed E-state index contributed by atoms with van der Waals surface area (Å²) in [5.74, 6) is 3.45. The molecule has 7 atom stereocenters. The molecule has 1 aromatic carbocycles. The standard InChI is InChI=1S/C33H42N2O6/c1-5-33(39)17-14-27-25-11-8-22-19-23(12-15-31(22,2)26(25)13-16-32(27,33)3)35-41-20-29(37)34-28(30(38)40-4)18-21-6-9-24(36)10-7-21/h1,6-7,9-10,19,25-28,36,39H,8,11-18,20H2,2-4H3,(H,34,37)/t25?,26?,27?,28?,31-,32-,33+/m0/s1. The van der Waals surface area contributed by atoms with Crippen LogP contribution in [0.15, 0.2) is 41.1 Å². The highest BCUT2D eigenvalue weighted by molar-refractivity contribution is 5.96. The van der Waals surface area contributed by atoms with Gasteiger partial charge in [0.1, 0.15) is 17.4 Å². The van der Waals surface area contributed by atoms with Gasteiger partial charge >= 0.3 is 5.97 Å². The molecule has 41 heavy (non-hydrogen) atoms. The molecule has 4 aliphatic rings. The number of rotatable bonds is 7. The van der Waals surface area contributed by atoms with Gasteiger partial charge < -0.3 is 25.1 Å². The molecule has 0 radical (unpaired) electrons. The maximum absolute atomic E-state index is 12.6. The molecule has 5 rings (SSSR count). The van der Waals surface area contributed by atoms with E-state index in [0.717, 1.165) is 56.2 Å². The number of oxime groups is 1. The number of phenols is 1. The van der Waals surface area contributed by atoms with E-state index in [9.17, 15) is 19.8 Å². The van der Waals surface area contributed by atoms with Gasteiger partial charge in [-0.2, -0.15) is 0 Å². The van der Waals surface area contributed by atoms with Gasteiger partial charge in [0.05, 0.1) is 12.8 Å². The lowest BCUT2D eigenvalue weighted by Crippen LogP contribution is -2.54. The Morgan fingerprint density at radius 2 is 1.85 bits per heavy atom. The number of methoxy groups -OCH3 is 1. The van der Waals surface area contributed by atoms with Gasteiger partial charge in [0.15, 0.2) is 6.61 Å². The second kappa shape index (κ2) is 11.2. The van der Waals surface area contributed by atoms with Crippen molar-refractivity contribution in [2.24, 2.45) is 33.7 Å². The topological polar surface area (TPSA) is 117 Å². The highest BCUT2D eigenvalue weighted by Crippen LogP contribution is 2.67. The summed E-state index contributed by atoms with van der Waals surface area (Å²) in [7, 11) is 1.27. The van der Waals surface area contributed by atoms with Crippen LogP contribution in [0.25, 0.3) is 0 Å². The number of benzene rings is 1. The molecule has 0 heterocycles. The second-order valence-corrected chi connectivity index (χ2v) is 12.9. The molecule has 3 fully saturated rings. The zero-order valence-corrected chi connectivity index (χ0v) is 24.3. The summed E-state index contributed by atoms with van der Waals surface area (Å²) in [6, 6.07) is 5.55. The summed E-state index contributed by atoms with van der Waals surface area (Å²) < 4.78 is 4.85. The monoisotopic (exact) mass is 562 g/mol. The maximum atomic E-state index is 12.6. The van der Waals surface area contributed by atoms with E-state index in [1.165, 1.54) is 24.8 Å². The van der Waals surface area contributed by atoms with E-state index in [0.29, 0.717) is 24.2 Å². The third kappa shape index (κ3) is 5.25. The van der Waals surface area contributed by atoms with Gasteiger partial charge in [-0.25, -0.2) is 4.79 Å². The summed E-state index contributed by atoms with van der Waals surface area (Å²) in [6.45, 7) is 4.30. The van der Waals surface area contributed by atoms with Gasteiger partial charge in [0.25, 0.3) is 5.91 Å². The van der Waals surface area contributed by atoms with Gasteiger partial charge in [-0.15, -0.1) is 6.42 Å². The number of fused-ring (bicyclic) bond motifs is 5. The number of nitrogens with zero attached hydrogens (tertiary/aromatic N) is 1. The van der Waals surface area contributed by atoms with E-state index in [1.54, 1.807) is 12.1 Å². The van der Waals surface area contributed by atoms with Crippen molar-refractivity contribution in [1.82, 2.24) is 5.32 Å². The molecule has 4 unspecified atom stereocenters. The minimum absolute atomic E-state index is 0.0967. The molecule has 8 heteroatoms. The lowest BCUT2D eigenvalue weighted by Gasteiger charge is -2.58. The van der Waals surface area contributed by atoms with Crippen molar-refractivity contribution >= 4 is 17.6 Å². The number of carbonyl (C=O) groups excluding carboxylic acids is 2. The number of carbonyl (C=O) groups is 2. The average Bonchev–Trinajstić information content (AvgIpc) is 3.24. The zero-order chi connectivity index (χ0) is 29.4. The Kier molecular flexibility index (Phi) is 7.95. The van der Waals surface area contributed by atoms with E-state index in [1.807, 2.05) is 0 Å². The zero-order valence-electron chi connectivity index (χ0n) is 24.3. The summed E-state index contributed by atoms with van der Waals surface area (Å²) in [5.41, 5.74) is 1.92. The van der Waals surface area contributed by atoms with Crippen molar-refractivity contribution in [2.45, 2.75) is 83.3 Å². The average molecular weight is 563 g/mol. The number of nitrogens with one attached hydrogen (secondary N) is 1. The highest BCUT2D eigenvalue weighted by Gasteiger charge is 2.63. The number of hydrogen-bond acceptors (Lipinski definition) is 7. The molecule has 220 valence electrons. The molecule has 0 saturated heterocycles. The largest absolute Gasteiger partial charge is 0.508 e. The highest BCUT2D eigenvalue weighted by atomic mass is 16.6. The minimum atomic E-state index is -0.988. The molecule has 0 spiro atoms. The Hall–Kier alpha value is -3.31. The molecular formula is C33H42N2O6. The Bertz CT molecular complexity index is 1280. The van der Waals surface area contributed by atoms with Gasteiger partial charge in [0.2, 0.25) is 0 Å². The Balaban J connectivity index is 1.20. The fraction of sp³-hybridized carbons (Fsp3) is 0.606. The molecule has 0 aliphatic heterocycles. The van der Waals surface area contributed by atoms with E-state index >= 15 is 0 Å². The molecular weight excluding hydrogens is 520 g/mol. The van der Waals surface area contributed by atoms with Crippen molar-refractivity contribution in [2.75, 3.05) is 13.7 Å². The van der Waals surface area contributed by atoms with E-state index < -0.39 is 23.5 Å². The number of terminal acetylenes is 1. The SMILES string of the molecule is C#C[C@@]1(O)CCC2C3CCC4=CC(=NOCC(=O)NC(Cc5ccc(O)cc5)C(=O)OC)CC[C@]4(C)C3CC[C@@]21C. The summed E-state index contributed by atoms with van der Waals surface area (Å²) in [5, 5.41) is 27.7. The minimum Gasteiger partial charge on any atom is -0.508 e. The Labute approximate surface area is 242 Å². The van der Waals surface area contributed by atoms with Crippen LogP contribution in [0.3, 0.4) is 0 Å². The normalized spacial score (nSPS) is 35.6. The number of aromatic hydroxyl groups is 1. The van der Waals surface area contributed by atoms with Crippen molar-refractivity contribution in [3.8, 4) is 18.1 Å². The van der Waals surface area contributed by atoms with Crippen LogP contribution in [0.1, 0.15) is 70.8 Å². The van der Waals surface area contributed by atoms with Crippen LogP contribution >= 0.6 is 0 Å². The van der Waals surface area contributed by atoms with Crippen molar-refractivity contribution in [3.63, 3.8) is 0 Å². The lowest BCUT2D eigenvalue weighted by atomic mass is 9.46. The van der Waals surface area contributed by atoms with Gasteiger partial charge in [-0.1, -0.05) is 42.6 Å². The first-order chi connectivity index (χ1) is 19.5. The fourth-order valence-electron chi connectivity index (χ4n) is 8.51. The predicted octanol–water partition coefficient (Wildman–Crippen LogP) is 4.29. The number of esters is 1. The summed E-state index contributed by atoms with van der Waals surface area (Å²) in [6.07, 6.45) is 15.8. The molecule has 0 bridgehead atoms. The van der Waals surface area contributed by atoms with E-state index in [-0.39, 0.29) is 29.6 Å². The van der Waals surface area contributed by atoms with Crippen molar-refractivity contribution in [3.05, 3.63) is 41.5 Å². The fourth-order valence-corrected chi connectivity index (χ4v) is 8.51. The third-order valence-corrected chi connectivity index (χ3v) is 10.9. The first-order valence-electron chi connectivity index (χ1n) is 14.8. The molecule has 3 N–H and O–H groups in total. The van der Waals surface area contributed by atoms with Gasteiger partial charge in [0, 0.05) is 11.8 Å². The first kappa shape index (κ1) is 29.2. The molecule has 4 aliphatic carbocycles. The molecule has 0 aromatic heterocycles. The number of amides is 1. The number of phenolic OH excluding ortho intramolecular Hbond substituents is 1. The van der Waals surface area contributed by atoms with Crippen LogP contribution in [0.2, 0.25) is 0 Å². The number of hydrogen-bond donors (Lipinski definition) is 3. The summed E-state index contributed by atoms with van der Waals surface area (Å²) >= 11 is 0. The van der Waals surface area contributed by atoms with Crippen LogP contribution < -0.4 is 5.32 Å². The number of ether oxygens (including phenoxy) is 1. The molecule has 1 amide bonds. The predicted molar refractivity (Wildman–Crippen MR) is 155 cm³/mol. The Morgan fingerprint density at radius 3 is 2.56 bits per heavy atom. The van der Waals surface area contributed by atoms with Crippen LogP contribution in [0.5, 0.6) is 5.75 Å². The van der Waals surface area contributed by atoms with Gasteiger partial charge in [-0.05, 0) is 98.3 Å². The Morgan fingerprint density at radius 1 is 1.12 bits per heavy atom. The van der Waals surface area contributed by atoms with E-state index in [2.05, 4.69) is 36.3 Å². The molecule has 8 nitrogen and oxygen atoms in total. The molecule has 3 saturated carbocycles. The van der Waals surface area contributed by atoms with Crippen LogP contribution in [0, 0.1) is 40.9 Å². The van der Waals surface area contributed by atoms with Crippen LogP contribution in [-0.2, 0) is 25.6 Å². The maximum Gasteiger partial charge on any atom is 0.328 e. The third-order valence-electron chi connectivity index (χ3n) is 10.9. The van der Waals surface area contributed by atoms with E-state index in [4.69, 9.17) is 16.0 Å². The van der Waals surface area contributed by atoms with Crippen molar-refractivity contribution in [1.29, 1.82) is 0 Å². The number of aliphatic hydroxyl groups is 1. The molecule has 1 aromatic rings.